The Hall–Kier alpha value is -0.426. The quantitative estimate of drug-likeness (QED) is 0.160. The Kier molecular flexibility index (Phi) is 10.2. The molecular formula is C34H62O4Si2. The summed E-state index contributed by atoms with van der Waals surface area (Å²) in [5, 5.41) is 0.339. The second-order valence-electron chi connectivity index (χ2n) is 17.0. The molecule has 4 nitrogen and oxygen atoms in total. The van der Waals surface area contributed by atoms with Crippen molar-refractivity contribution >= 4 is 16.6 Å². The van der Waals surface area contributed by atoms with Crippen LogP contribution in [-0.2, 0) is 18.3 Å². The summed E-state index contributed by atoms with van der Waals surface area (Å²) >= 11 is 0. The van der Waals surface area contributed by atoms with E-state index in [4.69, 9.17) is 18.3 Å². The maximum atomic E-state index is 7.19. The summed E-state index contributed by atoms with van der Waals surface area (Å²) < 4.78 is 27.3. The largest absolute Gasteiger partial charge is 0.413 e. The summed E-state index contributed by atoms with van der Waals surface area (Å²) in [5.74, 6) is 7.74. The number of ether oxygens (including phenoxy) is 2. The molecule has 2 aliphatic carbocycles. The molecule has 1 heterocycles. The minimum absolute atomic E-state index is 0.0488. The highest BCUT2D eigenvalue weighted by Gasteiger charge is 2.58. The maximum absolute atomic E-state index is 7.19. The number of fused-ring (bicyclic) bond motifs is 1. The zero-order valence-corrected chi connectivity index (χ0v) is 30.5. The van der Waals surface area contributed by atoms with Crippen molar-refractivity contribution in [2.24, 2.45) is 29.1 Å². The molecule has 2 saturated carbocycles. The Bertz CT molecular complexity index is 949. The van der Waals surface area contributed by atoms with Gasteiger partial charge in [-0.3, -0.25) is 0 Å². The summed E-state index contributed by atoms with van der Waals surface area (Å²) in [4.78, 5) is 0. The summed E-state index contributed by atoms with van der Waals surface area (Å²) in [6.45, 7) is 33.8. The third-order valence-corrected chi connectivity index (χ3v) is 19.8. The lowest BCUT2D eigenvalue weighted by atomic mass is 9.89. The maximum Gasteiger partial charge on any atom is 0.192 e. The van der Waals surface area contributed by atoms with Crippen LogP contribution in [0, 0.1) is 40.9 Å². The van der Waals surface area contributed by atoms with E-state index in [1.54, 1.807) is 0 Å². The van der Waals surface area contributed by atoms with Crippen LogP contribution >= 0.6 is 0 Å². The Morgan fingerprint density at radius 2 is 1.52 bits per heavy atom. The molecule has 0 N–H and O–H groups in total. The van der Waals surface area contributed by atoms with E-state index < -0.39 is 22.4 Å². The summed E-state index contributed by atoms with van der Waals surface area (Å²) in [6.07, 6.45) is 9.06. The van der Waals surface area contributed by atoms with E-state index in [-0.39, 0.29) is 27.7 Å². The minimum atomic E-state index is -1.96. The topological polar surface area (TPSA) is 36.9 Å². The predicted octanol–water partition coefficient (Wildman–Crippen LogP) is 9.19. The SMILES string of the molecule is CC#CCC(C)[C@@H](/C=C/[C@@H]1[C@H]2CC3(C[C@H]2C[C@H]1O[Si](C)(C)C(C)(C)C)OCC(C)(C)CO3)O[Si](C)(C)C(C)(C)C. The van der Waals surface area contributed by atoms with Crippen LogP contribution in [0.5, 0.6) is 0 Å². The third-order valence-electron chi connectivity index (χ3n) is 10.8. The van der Waals surface area contributed by atoms with Crippen LogP contribution in [0.3, 0.4) is 0 Å². The van der Waals surface area contributed by atoms with Gasteiger partial charge in [-0.1, -0.05) is 74.5 Å². The highest BCUT2D eigenvalue weighted by molar-refractivity contribution is 6.74. The van der Waals surface area contributed by atoms with E-state index >= 15 is 0 Å². The van der Waals surface area contributed by atoms with Crippen molar-refractivity contribution in [2.75, 3.05) is 13.2 Å². The first-order valence-corrected chi connectivity index (χ1v) is 21.7. The monoisotopic (exact) mass is 590 g/mol. The molecule has 0 aromatic carbocycles. The molecule has 0 bridgehead atoms. The van der Waals surface area contributed by atoms with Crippen molar-refractivity contribution in [3.05, 3.63) is 12.2 Å². The first-order valence-electron chi connectivity index (χ1n) is 15.8. The molecule has 3 fully saturated rings. The first-order chi connectivity index (χ1) is 18.1. The zero-order valence-electron chi connectivity index (χ0n) is 28.5. The van der Waals surface area contributed by atoms with Crippen LogP contribution in [0.2, 0.25) is 36.3 Å². The molecule has 1 saturated heterocycles. The van der Waals surface area contributed by atoms with Gasteiger partial charge in [0.2, 0.25) is 0 Å². The Morgan fingerprint density at radius 3 is 2.05 bits per heavy atom. The average molecular weight is 591 g/mol. The lowest BCUT2D eigenvalue weighted by molar-refractivity contribution is -0.298. The molecule has 6 atom stereocenters. The van der Waals surface area contributed by atoms with Crippen LogP contribution < -0.4 is 0 Å². The minimum Gasteiger partial charge on any atom is -0.413 e. The van der Waals surface area contributed by atoms with E-state index in [0.29, 0.717) is 23.7 Å². The van der Waals surface area contributed by atoms with Gasteiger partial charge >= 0.3 is 0 Å². The van der Waals surface area contributed by atoms with Crippen LogP contribution in [0.1, 0.15) is 94.9 Å². The standard InChI is InChI=1S/C34H62O4Si2/c1-15-16-17-25(2)29(37-39(11,12)31(3,4)5)19-18-27-28-22-34(35-23-33(9,10)24-36-34)21-26(28)20-30(27)38-40(13,14)32(6,7)8/h18-19,25-30H,17,20-24H2,1-14H3/b19-18+/t25?,26-,27-,28+,29-,30-/m1/s1. The normalized spacial score (nSPS) is 30.2. The van der Waals surface area contributed by atoms with Gasteiger partial charge in [0.15, 0.2) is 22.4 Å². The molecule has 230 valence electrons. The summed E-state index contributed by atoms with van der Waals surface area (Å²) in [6, 6.07) is 0. The number of hydrogen-bond donors (Lipinski definition) is 0. The molecule has 1 aliphatic heterocycles. The van der Waals surface area contributed by atoms with Gasteiger partial charge in [-0.25, -0.2) is 0 Å². The molecule has 40 heavy (non-hydrogen) atoms. The molecule has 3 aliphatic rings. The third kappa shape index (κ3) is 7.74. The van der Waals surface area contributed by atoms with Crippen molar-refractivity contribution in [1.29, 1.82) is 0 Å². The second kappa shape index (κ2) is 11.9. The highest BCUT2D eigenvalue weighted by atomic mass is 28.4. The molecule has 0 aromatic heterocycles. The van der Waals surface area contributed by atoms with Crippen molar-refractivity contribution in [1.82, 2.24) is 0 Å². The Morgan fingerprint density at radius 1 is 0.950 bits per heavy atom. The number of rotatable bonds is 8. The molecule has 0 radical (unpaired) electrons. The van der Waals surface area contributed by atoms with Crippen LogP contribution in [0.4, 0.5) is 0 Å². The fourth-order valence-electron chi connectivity index (χ4n) is 6.00. The van der Waals surface area contributed by atoms with Gasteiger partial charge in [-0.05, 0) is 67.4 Å². The van der Waals surface area contributed by atoms with Crippen molar-refractivity contribution < 1.29 is 18.3 Å². The molecule has 1 spiro atoms. The van der Waals surface area contributed by atoms with Crippen molar-refractivity contribution in [3.63, 3.8) is 0 Å². The van der Waals surface area contributed by atoms with Crippen molar-refractivity contribution in [3.8, 4) is 11.8 Å². The fraction of sp³-hybridized carbons (Fsp3) is 0.882. The molecule has 0 amide bonds. The molecule has 0 aromatic rings. The van der Waals surface area contributed by atoms with E-state index in [0.717, 1.165) is 38.9 Å². The second-order valence-corrected chi connectivity index (χ2v) is 26.6. The van der Waals surface area contributed by atoms with Gasteiger partial charge < -0.3 is 18.3 Å². The molecule has 6 heteroatoms. The fourth-order valence-corrected chi connectivity index (χ4v) is 8.71. The van der Waals surface area contributed by atoms with Gasteiger partial charge in [0.05, 0.1) is 25.4 Å². The summed E-state index contributed by atoms with van der Waals surface area (Å²) in [5.41, 5.74) is 0.0854. The zero-order chi connectivity index (χ0) is 30.4. The summed E-state index contributed by atoms with van der Waals surface area (Å²) in [7, 11) is -3.89. The first kappa shape index (κ1) is 34.1. The van der Waals surface area contributed by atoms with Gasteiger partial charge in [0.25, 0.3) is 0 Å². The molecule has 1 unspecified atom stereocenters. The van der Waals surface area contributed by atoms with Crippen LogP contribution in [-0.4, -0.2) is 47.8 Å². The van der Waals surface area contributed by atoms with Gasteiger partial charge in [0, 0.05) is 30.6 Å². The Labute approximate surface area is 250 Å². The lowest BCUT2D eigenvalue weighted by Gasteiger charge is -2.43. The average Bonchev–Trinajstić information content (AvgIpc) is 3.29. The van der Waals surface area contributed by atoms with E-state index in [2.05, 4.69) is 112 Å². The highest BCUT2D eigenvalue weighted by Crippen LogP contribution is 2.57. The van der Waals surface area contributed by atoms with E-state index in [9.17, 15) is 0 Å². The predicted molar refractivity (Wildman–Crippen MR) is 173 cm³/mol. The molecular weight excluding hydrogens is 529 g/mol. The van der Waals surface area contributed by atoms with Crippen LogP contribution in [0.15, 0.2) is 12.2 Å². The van der Waals surface area contributed by atoms with E-state index in [1.807, 2.05) is 6.92 Å². The van der Waals surface area contributed by atoms with Gasteiger partial charge in [-0.2, -0.15) is 0 Å². The lowest BCUT2D eigenvalue weighted by Crippen LogP contribution is -2.48. The van der Waals surface area contributed by atoms with Gasteiger partial charge in [0.1, 0.15) is 0 Å². The Balaban J connectivity index is 1.91. The van der Waals surface area contributed by atoms with Crippen molar-refractivity contribution in [2.45, 2.75) is 149 Å². The molecule has 3 rings (SSSR count). The number of hydrogen-bond acceptors (Lipinski definition) is 4. The smallest absolute Gasteiger partial charge is 0.192 e. The van der Waals surface area contributed by atoms with E-state index in [1.165, 1.54) is 0 Å². The van der Waals surface area contributed by atoms with Gasteiger partial charge in [-0.15, -0.1) is 11.8 Å². The van der Waals surface area contributed by atoms with Crippen LogP contribution in [0.25, 0.3) is 0 Å².